The molecule has 1 amide bonds. The third-order valence-electron chi connectivity index (χ3n) is 2.31. The van der Waals surface area contributed by atoms with Crippen molar-refractivity contribution in [1.82, 2.24) is 4.98 Å². The number of ether oxygens (including phenoxy) is 1. The topological polar surface area (TPSA) is 51.2 Å². The highest BCUT2D eigenvalue weighted by molar-refractivity contribution is 7.11. The minimum Gasteiger partial charge on any atom is -0.489 e. The summed E-state index contributed by atoms with van der Waals surface area (Å²) in [5, 5.41) is 5.14. The summed E-state index contributed by atoms with van der Waals surface area (Å²) in [6, 6.07) is 7.38. The van der Waals surface area contributed by atoms with E-state index in [9.17, 15) is 4.79 Å². The highest BCUT2D eigenvalue weighted by Crippen LogP contribution is 2.25. The number of nitrogens with zero attached hydrogens (tertiary/aromatic N) is 1. The fourth-order valence-electron chi connectivity index (χ4n) is 1.56. The summed E-state index contributed by atoms with van der Waals surface area (Å²) in [6.45, 7) is 5.76. The minimum atomic E-state index is -0.210. The second-order valence-corrected chi connectivity index (χ2v) is 5.27. The smallest absolute Gasteiger partial charge is 0.284 e. The predicted molar refractivity (Wildman–Crippen MR) is 77.0 cm³/mol. The largest absolute Gasteiger partial charge is 0.489 e. The molecule has 4 nitrogen and oxygen atoms in total. The van der Waals surface area contributed by atoms with Gasteiger partial charge in [0.1, 0.15) is 5.75 Å². The molecule has 2 rings (SSSR count). The van der Waals surface area contributed by atoms with Crippen molar-refractivity contribution in [3.8, 4) is 5.75 Å². The van der Waals surface area contributed by atoms with E-state index in [0.717, 1.165) is 5.69 Å². The van der Waals surface area contributed by atoms with Crippen molar-refractivity contribution >= 4 is 22.9 Å². The first-order valence-electron chi connectivity index (χ1n) is 6.05. The molecular weight excluding hydrogens is 260 g/mol. The van der Waals surface area contributed by atoms with E-state index in [2.05, 4.69) is 10.3 Å². The van der Waals surface area contributed by atoms with E-state index in [1.54, 1.807) is 0 Å². The number of hydrogen-bond donors (Lipinski definition) is 1. The lowest BCUT2D eigenvalue weighted by Crippen LogP contribution is -2.14. The van der Waals surface area contributed by atoms with Crippen molar-refractivity contribution in [2.45, 2.75) is 26.9 Å². The van der Waals surface area contributed by atoms with Gasteiger partial charge in [0.2, 0.25) is 0 Å². The molecule has 2 aromatic rings. The van der Waals surface area contributed by atoms with Gasteiger partial charge in [0.25, 0.3) is 5.91 Å². The van der Waals surface area contributed by atoms with Crippen molar-refractivity contribution < 1.29 is 9.53 Å². The van der Waals surface area contributed by atoms with Gasteiger partial charge in [-0.3, -0.25) is 4.79 Å². The molecule has 0 fully saturated rings. The number of amides is 1. The van der Waals surface area contributed by atoms with Crippen LogP contribution < -0.4 is 10.1 Å². The number of carbonyl (C=O) groups excluding carboxylic acids is 1. The Kier molecular flexibility index (Phi) is 4.16. The zero-order chi connectivity index (χ0) is 13.8. The number of rotatable bonds is 4. The molecule has 1 N–H and O–H groups in total. The quantitative estimate of drug-likeness (QED) is 0.930. The van der Waals surface area contributed by atoms with Crippen LogP contribution in [-0.4, -0.2) is 17.0 Å². The van der Waals surface area contributed by atoms with Crippen LogP contribution in [-0.2, 0) is 0 Å². The van der Waals surface area contributed by atoms with Crippen LogP contribution in [0, 0.1) is 6.92 Å². The lowest BCUT2D eigenvalue weighted by Gasteiger charge is -2.14. The van der Waals surface area contributed by atoms with Crippen LogP contribution >= 0.6 is 11.3 Å². The van der Waals surface area contributed by atoms with Gasteiger partial charge in [0.05, 0.1) is 11.8 Å². The Balaban J connectivity index is 2.16. The lowest BCUT2D eigenvalue weighted by atomic mass is 10.3. The van der Waals surface area contributed by atoms with Crippen LogP contribution in [0.2, 0.25) is 0 Å². The first-order chi connectivity index (χ1) is 9.06. The summed E-state index contributed by atoms with van der Waals surface area (Å²) in [6.07, 6.45) is 0.0557. The van der Waals surface area contributed by atoms with Crippen LogP contribution in [0.25, 0.3) is 0 Å². The van der Waals surface area contributed by atoms with Gasteiger partial charge in [0, 0.05) is 11.1 Å². The van der Waals surface area contributed by atoms with E-state index in [1.165, 1.54) is 11.3 Å². The maximum atomic E-state index is 12.0. The molecule has 1 aromatic carbocycles. The SMILES string of the molecule is Cc1csc(C(=O)Nc2ccccc2OC(C)C)n1. The molecule has 19 heavy (non-hydrogen) atoms. The molecule has 1 aromatic heterocycles. The van der Waals surface area contributed by atoms with Crippen molar-refractivity contribution in [2.75, 3.05) is 5.32 Å². The Labute approximate surface area is 116 Å². The Bertz CT molecular complexity index is 578. The van der Waals surface area contributed by atoms with Crippen molar-refractivity contribution in [3.05, 3.63) is 40.3 Å². The third kappa shape index (κ3) is 3.54. The molecule has 0 saturated heterocycles. The van der Waals surface area contributed by atoms with Crippen LogP contribution in [0.15, 0.2) is 29.6 Å². The van der Waals surface area contributed by atoms with Crippen LogP contribution in [0.1, 0.15) is 29.3 Å². The molecule has 0 atom stereocenters. The lowest BCUT2D eigenvalue weighted by molar-refractivity contribution is 0.102. The molecule has 0 spiro atoms. The molecule has 0 bridgehead atoms. The van der Waals surface area contributed by atoms with E-state index in [1.807, 2.05) is 50.4 Å². The van der Waals surface area contributed by atoms with Gasteiger partial charge in [-0.05, 0) is 32.9 Å². The summed E-state index contributed by atoms with van der Waals surface area (Å²) in [4.78, 5) is 16.2. The highest BCUT2D eigenvalue weighted by atomic mass is 32.1. The van der Waals surface area contributed by atoms with Gasteiger partial charge >= 0.3 is 0 Å². The molecule has 0 saturated carbocycles. The van der Waals surface area contributed by atoms with Crippen molar-refractivity contribution in [3.63, 3.8) is 0 Å². The van der Waals surface area contributed by atoms with E-state index in [0.29, 0.717) is 16.4 Å². The Hall–Kier alpha value is -1.88. The van der Waals surface area contributed by atoms with E-state index >= 15 is 0 Å². The van der Waals surface area contributed by atoms with Gasteiger partial charge < -0.3 is 10.1 Å². The first kappa shape index (κ1) is 13.5. The molecular formula is C14H16N2O2S. The molecule has 1 heterocycles. The molecule has 0 unspecified atom stereocenters. The summed E-state index contributed by atoms with van der Waals surface area (Å²) < 4.78 is 5.66. The molecule has 0 aliphatic heterocycles. The number of aromatic nitrogens is 1. The standard InChI is InChI=1S/C14H16N2O2S/c1-9(2)18-12-7-5-4-6-11(12)16-13(17)14-15-10(3)8-19-14/h4-9H,1-3H3,(H,16,17). The Morgan fingerprint density at radius 3 is 2.74 bits per heavy atom. The zero-order valence-corrected chi connectivity index (χ0v) is 12.0. The molecule has 0 radical (unpaired) electrons. The fraction of sp³-hybridized carbons (Fsp3) is 0.286. The van der Waals surface area contributed by atoms with Gasteiger partial charge in [-0.15, -0.1) is 11.3 Å². The van der Waals surface area contributed by atoms with Crippen LogP contribution in [0.3, 0.4) is 0 Å². The maximum absolute atomic E-state index is 12.0. The molecule has 0 aliphatic rings. The summed E-state index contributed by atoms with van der Waals surface area (Å²) in [7, 11) is 0. The van der Waals surface area contributed by atoms with Crippen LogP contribution in [0.5, 0.6) is 5.75 Å². The van der Waals surface area contributed by atoms with Crippen LogP contribution in [0.4, 0.5) is 5.69 Å². The van der Waals surface area contributed by atoms with Crippen molar-refractivity contribution in [1.29, 1.82) is 0 Å². The van der Waals surface area contributed by atoms with Gasteiger partial charge in [-0.2, -0.15) is 0 Å². The van der Waals surface area contributed by atoms with E-state index < -0.39 is 0 Å². The maximum Gasteiger partial charge on any atom is 0.284 e. The Morgan fingerprint density at radius 2 is 2.11 bits per heavy atom. The number of nitrogens with one attached hydrogen (secondary N) is 1. The molecule has 100 valence electrons. The third-order valence-corrected chi connectivity index (χ3v) is 3.27. The van der Waals surface area contributed by atoms with Gasteiger partial charge in [-0.25, -0.2) is 4.98 Å². The van der Waals surface area contributed by atoms with E-state index in [-0.39, 0.29) is 12.0 Å². The highest BCUT2D eigenvalue weighted by Gasteiger charge is 2.13. The number of aryl methyl sites for hydroxylation is 1. The second-order valence-electron chi connectivity index (χ2n) is 4.41. The average Bonchev–Trinajstić information content (AvgIpc) is 2.78. The number of thiazole rings is 1. The van der Waals surface area contributed by atoms with Gasteiger partial charge in [-0.1, -0.05) is 12.1 Å². The number of carbonyl (C=O) groups is 1. The number of benzene rings is 1. The molecule has 5 heteroatoms. The predicted octanol–water partition coefficient (Wildman–Crippen LogP) is 3.49. The summed E-state index contributed by atoms with van der Waals surface area (Å²) in [5.41, 5.74) is 1.51. The summed E-state index contributed by atoms with van der Waals surface area (Å²) in [5.74, 6) is 0.456. The summed E-state index contributed by atoms with van der Waals surface area (Å²) >= 11 is 1.33. The first-order valence-corrected chi connectivity index (χ1v) is 6.93. The minimum absolute atomic E-state index is 0.0557. The zero-order valence-electron chi connectivity index (χ0n) is 11.1. The number of anilines is 1. The second kappa shape index (κ2) is 5.84. The monoisotopic (exact) mass is 276 g/mol. The van der Waals surface area contributed by atoms with E-state index in [4.69, 9.17) is 4.74 Å². The number of para-hydroxylation sites is 2. The normalized spacial score (nSPS) is 10.5. The Morgan fingerprint density at radius 1 is 1.37 bits per heavy atom. The average molecular weight is 276 g/mol. The van der Waals surface area contributed by atoms with Crippen molar-refractivity contribution in [2.24, 2.45) is 0 Å². The fourth-order valence-corrected chi connectivity index (χ4v) is 2.25. The number of hydrogen-bond acceptors (Lipinski definition) is 4. The molecule has 0 aliphatic carbocycles. The van der Waals surface area contributed by atoms with Gasteiger partial charge in [0.15, 0.2) is 5.01 Å².